The molecule has 0 bridgehead atoms. The standard InChI is InChI=1S/C20H17BrN4O5/c1-2-30-20(27)15-9-14(10-16(11-15)25(28)29)19(26)23-18-7-8-22-24(18)12-13-5-3-4-6-17(13)21/h3-11H,2,12H2,1H3,(H,23,26). The summed E-state index contributed by atoms with van der Waals surface area (Å²) in [6, 6.07) is 12.6. The molecule has 3 rings (SSSR count). The molecule has 0 atom stereocenters. The van der Waals surface area contributed by atoms with Crippen LogP contribution < -0.4 is 5.32 Å². The predicted molar refractivity (Wildman–Crippen MR) is 112 cm³/mol. The Morgan fingerprint density at radius 1 is 1.20 bits per heavy atom. The number of carbonyl (C=O) groups is 2. The zero-order chi connectivity index (χ0) is 21.7. The van der Waals surface area contributed by atoms with Gasteiger partial charge in [-0.1, -0.05) is 34.1 Å². The van der Waals surface area contributed by atoms with E-state index in [0.29, 0.717) is 12.4 Å². The van der Waals surface area contributed by atoms with Gasteiger partial charge in [0.15, 0.2) is 0 Å². The summed E-state index contributed by atoms with van der Waals surface area (Å²) in [5, 5.41) is 18.1. The molecule has 1 aromatic heterocycles. The molecule has 0 fully saturated rings. The first-order valence-electron chi connectivity index (χ1n) is 8.92. The van der Waals surface area contributed by atoms with Gasteiger partial charge in [0.25, 0.3) is 11.6 Å². The molecule has 3 aromatic rings. The Bertz CT molecular complexity index is 1110. The van der Waals surface area contributed by atoms with E-state index in [0.717, 1.165) is 22.2 Å². The maximum absolute atomic E-state index is 12.8. The summed E-state index contributed by atoms with van der Waals surface area (Å²) in [5.41, 5.74) is 0.461. The van der Waals surface area contributed by atoms with Crippen LogP contribution in [-0.4, -0.2) is 33.2 Å². The van der Waals surface area contributed by atoms with Gasteiger partial charge < -0.3 is 10.1 Å². The summed E-state index contributed by atoms with van der Waals surface area (Å²) in [4.78, 5) is 35.3. The summed E-state index contributed by atoms with van der Waals surface area (Å²) in [6.07, 6.45) is 1.53. The second-order valence-corrected chi connectivity index (χ2v) is 7.02. The van der Waals surface area contributed by atoms with Crippen molar-refractivity contribution in [3.8, 4) is 0 Å². The molecule has 2 aromatic carbocycles. The molecule has 0 unspecified atom stereocenters. The van der Waals surface area contributed by atoms with Gasteiger partial charge in [-0.3, -0.25) is 14.9 Å². The van der Waals surface area contributed by atoms with Crippen molar-refractivity contribution in [2.45, 2.75) is 13.5 Å². The smallest absolute Gasteiger partial charge is 0.338 e. The van der Waals surface area contributed by atoms with E-state index in [1.807, 2.05) is 24.3 Å². The number of non-ortho nitro benzene ring substituents is 1. The zero-order valence-electron chi connectivity index (χ0n) is 15.9. The van der Waals surface area contributed by atoms with E-state index >= 15 is 0 Å². The Morgan fingerprint density at radius 3 is 2.63 bits per heavy atom. The average Bonchev–Trinajstić information content (AvgIpc) is 3.16. The van der Waals surface area contributed by atoms with Crippen molar-refractivity contribution in [2.75, 3.05) is 11.9 Å². The minimum atomic E-state index is -0.741. The van der Waals surface area contributed by atoms with Crippen LogP contribution >= 0.6 is 15.9 Å². The first kappa shape index (κ1) is 21.2. The van der Waals surface area contributed by atoms with Crippen LogP contribution in [0.5, 0.6) is 0 Å². The minimum absolute atomic E-state index is 0.0408. The fourth-order valence-corrected chi connectivity index (χ4v) is 3.13. The number of esters is 1. The summed E-state index contributed by atoms with van der Waals surface area (Å²) < 4.78 is 7.37. The lowest BCUT2D eigenvalue weighted by molar-refractivity contribution is -0.384. The molecule has 0 aliphatic rings. The largest absolute Gasteiger partial charge is 0.462 e. The number of hydrogen-bond acceptors (Lipinski definition) is 6. The minimum Gasteiger partial charge on any atom is -0.462 e. The number of anilines is 1. The molecule has 0 spiro atoms. The highest BCUT2D eigenvalue weighted by molar-refractivity contribution is 9.10. The Morgan fingerprint density at radius 2 is 1.93 bits per heavy atom. The highest BCUT2D eigenvalue weighted by Crippen LogP contribution is 2.21. The number of nitro benzene ring substituents is 1. The van der Waals surface area contributed by atoms with Gasteiger partial charge in [0.05, 0.1) is 29.8 Å². The molecule has 1 N–H and O–H groups in total. The number of hydrogen-bond donors (Lipinski definition) is 1. The second kappa shape index (κ2) is 9.31. The van der Waals surface area contributed by atoms with E-state index < -0.39 is 16.8 Å². The highest BCUT2D eigenvalue weighted by atomic mass is 79.9. The van der Waals surface area contributed by atoms with Crippen molar-refractivity contribution in [1.82, 2.24) is 9.78 Å². The summed E-state index contributed by atoms with van der Waals surface area (Å²) in [6.45, 7) is 2.12. The lowest BCUT2D eigenvalue weighted by Crippen LogP contribution is -2.17. The van der Waals surface area contributed by atoms with E-state index in [2.05, 4.69) is 26.3 Å². The Kier molecular flexibility index (Phi) is 6.58. The lowest BCUT2D eigenvalue weighted by Gasteiger charge is -2.11. The van der Waals surface area contributed by atoms with Gasteiger partial charge in [0.2, 0.25) is 0 Å². The molecule has 1 heterocycles. The fourth-order valence-electron chi connectivity index (χ4n) is 2.72. The molecule has 0 radical (unpaired) electrons. The van der Waals surface area contributed by atoms with Crippen molar-refractivity contribution < 1.29 is 19.2 Å². The summed E-state index contributed by atoms with van der Waals surface area (Å²) >= 11 is 3.47. The van der Waals surface area contributed by atoms with Crippen LogP contribution in [0.15, 0.2) is 59.2 Å². The van der Waals surface area contributed by atoms with E-state index in [-0.39, 0.29) is 23.4 Å². The summed E-state index contributed by atoms with van der Waals surface area (Å²) in [5.74, 6) is -0.952. The second-order valence-electron chi connectivity index (χ2n) is 6.17. The van der Waals surface area contributed by atoms with Crippen molar-refractivity contribution in [3.63, 3.8) is 0 Å². The number of carbonyl (C=O) groups excluding carboxylic acids is 2. The van der Waals surface area contributed by atoms with Crippen molar-refractivity contribution in [3.05, 3.63) is 86.0 Å². The average molecular weight is 473 g/mol. The van der Waals surface area contributed by atoms with Gasteiger partial charge >= 0.3 is 5.97 Å². The lowest BCUT2D eigenvalue weighted by atomic mass is 10.1. The molecule has 9 nitrogen and oxygen atoms in total. The molecule has 0 saturated heterocycles. The van der Waals surface area contributed by atoms with E-state index in [1.54, 1.807) is 17.7 Å². The Balaban J connectivity index is 1.86. The number of ether oxygens (including phenoxy) is 1. The number of halogens is 1. The van der Waals surface area contributed by atoms with Gasteiger partial charge in [-0.05, 0) is 24.6 Å². The van der Waals surface area contributed by atoms with Crippen LogP contribution in [0.25, 0.3) is 0 Å². The Labute approximate surface area is 179 Å². The molecule has 1 amide bonds. The number of amides is 1. The number of nitrogens with zero attached hydrogens (tertiary/aromatic N) is 3. The molecule has 154 valence electrons. The van der Waals surface area contributed by atoms with Gasteiger partial charge in [-0.15, -0.1) is 0 Å². The molecule has 0 aliphatic carbocycles. The van der Waals surface area contributed by atoms with Gasteiger partial charge in [0, 0.05) is 28.2 Å². The zero-order valence-corrected chi connectivity index (χ0v) is 17.5. The quantitative estimate of drug-likeness (QED) is 0.315. The fraction of sp³-hybridized carbons (Fsp3) is 0.150. The van der Waals surface area contributed by atoms with Crippen molar-refractivity contribution in [1.29, 1.82) is 0 Å². The third-order valence-electron chi connectivity index (χ3n) is 4.14. The van der Waals surface area contributed by atoms with E-state index in [4.69, 9.17) is 4.74 Å². The maximum Gasteiger partial charge on any atom is 0.338 e. The van der Waals surface area contributed by atoms with Crippen LogP contribution in [0.1, 0.15) is 33.2 Å². The van der Waals surface area contributed by atoms with Crippen LogP contribution in [-0.2, 0) is 11.3 Å². The number of nitrogens with one attached hydrogen (secondary N) is 1. The van der Waals surface area contributed by atoms with Crippen LogP contribution in [0.4, 0.5) is 11.5 Å². The molecular weight excluding hydrogens is 456 g/mol. The van der Waals surface area contributed by atoms with Crippen LogP contribution in [0.2, 0.25) is 0 Å². The van der Waals surface area contributed by atoms with E-state index in [9.17, 15) is 19.7 Å². The van der Waals surface area contributed by atoms with Gasteiger partial charge in [0.1, 0.15) is 5.82 Å². The first-order valence-corrected chi connectivity index (χ1v) is 9.71. The predicted octanol–water partition coefficient (Wildman–Crippen LogP) is 4.03. The normalized spacial score (nSPS) is 10.5. The molecule has 10 heteroatoms. The SMILES string of the molecule is CCOC(=O)c1cc(C(=O)Nc2ccnn2Cc2ccccc2Br)cc([N+](=O)[O-])c1. The monoisotopic (exact) mass is 472 g/mol. The summed E-state index contributed by atoms with van der Waals surface area (Å²) in [7, 11) is 0. The van der Waals surface area contributed by atoms with Gasteiger partial charge in [-0.25, -0.2) is 9.48 Å². The molecule has 0 aliphatic heterocycles. The van der Waals surface area contributed by atoms with Crippen LogP contribution in [0, 0.1) is 10.1 Å². The number of aromatic nitrogens is 2. The third-order valence-corrected chi connectivity index (χ3v) is 4.91. The number of nitro groups is 1. The van der Waals surface area contributed by atoms with E-state index in [1.165, 1.54) is 12.3 Å². The molecule has 0 saturated carbocycles. The number of benzene rings is 2. The Hall–Kier alpha value is -3.53. The number of rotatable bonds is 7. The van der Waals surface area contributed by atoms with Crippen molar-refractivity contribution >= 4 is 39.3 Å². The first-order chi connectivity index (χ1) is 14.4. The van der Waals surface area contributed by atoms with Crippen molar-refractivity contribution in [2.24, 2.45) is 0 Å². The maximum atomic E-state index is 12.8. The molecular formula is C20H17BrN4O5. The van der Waals surface area contributed by atoms with Gasteiger partial charge in [-0.2, -0.15) is 5.10 Å². The third kappa shape index (κ3) is 4.90. The topological polar surface area (TPSA) is 116 Å². The highest BCUT2D eigenvalue weighted by Gasteiger charge is 2.19. The van der Waals surface area contributed by atoms with Crippen LogP contribution in [0.3, 0.4) is 0 Å². The molecule has 30 heavy (non-hydrogen) atoms.